The topological polar surface area (TPSA) is 80.3 Å². The largest absolute Gasteiger partial charge is 0.481 e. The molecule has 29 heavy (non-hydrogen) atoms. The van der Waals surface area contributed by atoms with Crippen LogP contribution in [-0.4, -0.2) is 22.9 Å². The van der Waals surface area contributed by atoms with Crippen molar-refractivity contribution >= 4 is 34.9 Å². The minimum Gasteiger partial charge on any atom is -0.481 e. The standard InChI is InChI=1S/C22H20ClN3O3/c1-14-10-11-24-20(12-14)26-22(28)16-8-9-18(23)19(13-16)25-21(27)15(2)29-17-6-4-3-5-7-17/h3-13,15H,1-2H3,(H,25,27)(H,24,26,28). The number of hydrogen-bond donors (Lipinski definition) is 2. The van der Waals surface area contributed by atoms with Crippen molar-refractivity contribution in [1.82, 2.24) is 4.98 Å². The molecule has 3 aromatic rings. The van der Waals surface area contributed by atoms with Crippen LogP contribution < -0.4 is 15.4 Å². The van der Waals surface area contributed by atoms with Crippen LogP contribution in [0.15, 0.2) is 66.9 Å². The van der Waals surface area contributed by atoms with E-state index in [1.807, 2.05) is 31.2 Å². The summed E-state index contributed by atoms with van der Waals surface area (Å²) in [6.07, 6.45) is 0.870. The van der Waals surface area contributed by atoms with Gasteiger partial charge in [0, 0.05) is 11.8 Å². The number of anilines is 2. The van der Waals surface area contributed by atoms with E-state index in [1.54, 1.807) is 43.5 Å². The third kappa shape index (κ3) is 5.56. The number of para-hydroxylation sites is 1. The summed E-state index contributed by atoms with van der Waals surface area (Å²) in [6.45, 7) is 3.54. The Hall–Kier alpha value is -3.38. The summed E-state index contributed by atoms with van der Waals surface area (Å²) in [5.41, 5.74) is 1.64. The van der Waals surface area contributed by atoms with E-state index >= 15 is 0 Å². The molecule has 3 rings (SSSR count). The van der Waals surface area contributed by atoms with Gasteiger partial charge in [0.1, 0.15) is 11.6 Å². The third-order valence-corrected chi connectivity index (χ3v) is 4.40. The molecule has 2 N–H and O–H groups in total. The second-order valence-corrected chi connectivity index (χ2v) is 6.84. The lowest BCUT2D eigenvalue weighted by Gasteiger charge is -2.16. The van der Waals surface area contributed by atoms with Crippen LogP contribution in [0.4, 0.5) is 11.5 Å². The Kier molecular flexibility index (Phi) is 6.46. The van der Waals surface area contributed by atoms with Crippen molar-refractivity contribution in [3.8, 4) is 5.75 Å². The Bertz CT molecular complexity index is 1020. The predicted octanol–water partition coefficient (Wildman–Crippen LogP) is 4.70. The second-order valence-electron chi connectivity index (χ2n) is 6.43. The molecule has 1 aromatic heterocycles. The van der Waals surface area contributed by atoms with E-state index < -0.39 is 6.10 Å². The van der Waals surface area contributed by atoms with Crippen molar-refractivity contribution < 1.29 is 14.3 Å². The average Bonchev–Trinajstić information content (AvgIpc) is 2.70. The third-order valence-electron chi connectivity index (χ3n) is 4.07. The van der Waals surface area contributed by atoms with Crippen LogP contribution in [0, 0.1) is 6.92 Å². The van der Waals surface area contributed by atoms with Crippen LogP contribution in [0.25, 0.3) is 0 Å². The molecule has 1 unspecified atom stereocenters. The summed E-state index contributed by atoms with van der Waals surface area (Å²) in [4.78, 5) is 29.1. The highest BCUT2D eigenvalue weighted by atomic mass is 35.5. The predicted molar refractivity (Wildman–Crippen MR) is 114 cm³/mol. The molecule has 0 aliphatic heterocycles. The van der Waals surface area contributed by atoms with Gasteiger partial charge in [0.2, 0.25) is 0 Å². The minimum absolute atomic E-state index is 0.315. The summed E-state index contributed by atoms with van der Waals surface area (Å²) in [6, 6.07) is 17.3. The van der Waals surface area contributed by atoms with Gasteiger partial charge in [-0.2, -0.15) is 0 Å². The van der Waals surface area contributed by atoms with Gasteiger partial charge in [0.05, 0.1) is 10.7 Å². The summed E-state index contributed by atoms with van der Waals surface area (Å²) in [5, 5.41) is 5.75. The molecule has 0 saturated heterocycles. The quantitative estimate of drug-likeness (QED) is 0.618. The molecule has 6 nitrogen and oxygen atoms in total. The van der Waals surface area contributed by atoms with Gasteiger partial charge in [-0.1, -0.05) is 29.8 Å². The molecule has 148 valence electrons. The van der Waals surface area contributed by atoms with Crippen molar-refractivity contribution in [2.75, 3.05) is 10.6 Å². The number of carbonyl (C=O) groups excluding carboxylic acids is 2. The maximum atomic E-state index is 12.5. The molecule has 7 heteroatoms. The van der Waals surface area contributed by atoms with E-state index in [1.165, 1.54) is 6.07 Å². The molecule has 0 spiro atoms. The molecular formula is C22H20ClN3O3. The smallest absolute Gasteiger partial charge is 0.265 e. The van der Waals surface area contributed by atoms with E-state index in [4.69, 9.17) is 16.3 Å². The van der Waals surface area contributed by atoms with Crippen molar-refractivity contribution in [2.24, 2.45) is 0 Å². The first-order chi connectivity index (χ1) is 13.9. The molecule has 2 aromatic carbocycles. The van der Waals surface area contributed by atoms with Gasteiger partial charge in [0.25, 0.3) is 11.8 Å². The molecular weight excluding hydrogens is 390 g/mol. The first-order valence-corrected chi connectivity index (χ1v) is 9.36. The zero-order chi connectivity index (χ0) is 20.8. The Morgan fingerprint density at radius 3 is 2.52 bits per heavy atom. The number of aryl methyl sites for hydroxylation is 1. The molecule has 2 amide bonds. The van der Waals surface area contributed by atoms with E-state index in [0.29, 0.717) is 27.8 Å². The summed E-state index contributed by atoms with van der Waals surface area (Å²) < 4.78 is 5.61. The van der Waals surface area contributed by atoms with Crippen LogP contribution in [0.3, 0.4) is 0 Å². The lowest BCUT2D eigenvalue weighted by atomic mass is 10.1. The monoisotopic (exact) mass is 409 g/mol. The van der Waals surface area contributed by atoms with Crippen molar-refractivity contribution in [3.63, 3.8) is 0 Å². The zero-order valence-corrected chi connectivity index (χ0v) is 16.7. The number of benzene rings is 2. The maximum absolute atomic E-state index is 12.5. The molecule has 0 saturated carbocycles. The summed E-state index contributed by atoms with van der Waals surface area (Å²) >= 11 is 6.19. The normalized spacial score (nSPS) is 11.4. The van der Waals surface area contributed by atoms with Crippen LogP contribution in [-0.2, 0) is 4.79 Å². The Morgan fingerprint density at radius 2 is 1.79 bits per heavy atom. The number of ether oxygens (including phenoxy) is 1. The average molecular weight is 410 g/mol. The van der Waals surface area contributed by atoms with Crippen LogP contribution in [0.5, 0.6) is 5.75 Å². The Morgan fingerprint density at radius 1 is 1.03 bits per heavy atom. The van der Waals surface area contributed by atoms with Gasteiger partial charge >= 0.3 is 0 Å². The highest BCUT2D eigenvalue weighted by Gasteiger charge is 2.17. The van der Waals surface area contributed by atoms with Gasteiger partial charge in [-0.15, -0.1) is 0 Å². The van der Waals surface area contributed by atoms with Gasteiger partial charge in [0.15, 0.2) is 6.10 Å². The first-order valence-electron chi connectivity index (χ1n) is 8.98. The van der Waals surface area contributed by atoms with Gasteiger partial charge in [-0.25, -0.2) is 4.98 Å². The van der Waals surface area contributed by atoms with Gasteiger partial charge in [-0.05, 0) is 61.9 Å². The van der Waals surface area contributed by atoms with E-state index in [0.717, 1.165) is 5.56 Å². The fraction of sp³-hybridized carbons (Fsp3) is 0.136. The number of halogens is 1. The van der Waals surface area contributed by atoms with Crippen LogP contribution >= 0.6 is 11.6 Å². The molecule has 0 aliphatic carbocycles. The highest BCUT2D eigenvalue weighted by Crippen LogP contribution is 2.24. The summed E-state index contributed by atoms with van der Waals surface area (Å²) in [5.74, 6) is 0.290. The molecule has 0 fully saturated rings. The number of nitrogens with zero attached hydrogens (tertiary/aromatic N) is 1. The van der Waals surface area contributed by atoms with Crippen LogP contribution in [0.1, 0.15) is 22.8 Å². The molecule has 1 atom stereocenters. The van der Waals surface area contributed by atoms with E-state index in [2.05, 4.69) is 15.6 Å². The SMILES string of the molecule is Cc1ccnc(NC(=O)c2ccc(Cl)c(NC(=O)C(C)Oc3ccccc3)c2)c1. The fourth-order valence-corrected chi connectivity index (χ4v) is 2.71. The first kappa shape index (κ1) is 20.4. The van der Waals surface area contributed by atoms with E-state index in [-0.39, 0.29) is 11.8 Å². The lowest BCUT2D eigenvalue weighted by molar-refractivity contribution is -0.122. The van der Waals surface area contributed by atoms with Crippen molar-refractivity contribution in [2.45, 2.75) is 20.0 Å². The Balaban J connectivity index is 1.69. The molecule has 1 heterocycles. The van der Waals surface area contributed by atoms with Crippen LogP contribution in [0.2, 0.25) is 5.02 Å². The van der Waals surface area contributed by atoms with E-state index in [9.17, 15) is 9.59 Å². The lowest BCUT2D eigenvalue weighted by Crippen LogP contribution is -2.30. The zero-order valence-electron chi connectivity index (χ0n) is 16.0. The number of amides is 2. The van der Waals surface area contributed by atoms with Gasteiger partial charge in [-0.3, -0.25) is 9.59 Å². The number of carbonyl (C=O) groups is 2. The number of aromatic nitrogens is 1. The Labute approximate surface area is 173 Å². The van der Waals surface area contributed by atoms with Gasteiger partial charge < -0.3 is 15.4 Å². The molecule has 0 bridgehead atoms. The molecule has 0 radical (unpaired) electrons. The van der Waals surface area contributed by atoms with Crippen molar-refractivity contribution in [3.05, 3.63) is 83.0 Å². The number of hydrogen-bond acceptors (Lipinski definition) is 4. The second kappa shape index (κ2) is 9.21. The van der Waals surface area contributed by atoms with Crippen molar-refractivity contribution in [1.29, 1.82) is 0 Å². The number of pyridine rings is 1. The highest BCUT2D eigenvalue weighted by molar-refractivity contribution is 6.34. The number of rotatable bonds is 6. The number of nitrogens with one attached hydrogen (secondary N) is 2. The molecule has 0 aliphatic rings. The minimum atomic E-state index is -0.748. The maximum Gasteiger partial charge on any atom is 0.265 e. The fourth-order valence-electron chi connectivity index (χ4n) is 2.55. The summed E-state index contributed by atoms with van der Waals surface area (Å²) in [7, 11) is 0.